The second kappa shape index (κ2) is 11.0. The lowest BCUT2D eigenvalue weighted by Gasteiger charge is -2.26. The highest BCUT2D eigenvalue weighted by molar-refractivity contribution is 7.89. The zero-order valence-electron chi connectivity index (χ0n) is 18.8. The number of hydrogen-bond acceptors (Lipinski definition) is 5. The highest BCUT2D eigenvalue weighted by atomic mass is 35.5. The Balaban J connectivity index is 1.55. The lowest BCUT2D eigenvalue weighted by atomic mass is 10.2. The molecule has 0 aliphatic carbocycles. The van der Waals surface area contributed by atoms with Crippen molar-refractivity contribution < 1.29 is 18.0 Å². The minimum Gasteiger partial charge on any atom is -0.376 e. The Kier molecular flexibility index (Phi) is 8.34. The van der Waals surface area contributed by atoms with Crippen LogP contribution >= 0.6 is 11.6 Å². The SMILES string of the molecule is Cc1ccc(S(=O)(=O)N2CCCCC2)cc1NCC(=O)NCC(=O)Nc1cccc(Cl)c1C. The molecule has 2 aromatic rings. The third-order valence-electron chi connectivity index (χ3n) is 5.59. The van der Waals surface area contributed by atoms with Gasteiger partial charge in [0.05, 0.1) is 18.0 Å². The summed E-state index contributed by atoms with van der Waals surface area (Å²) in [6.07, 6.45) is 2.76. The second-order valence-electron chi connectivity index (χ2n) is 8.03. The molecular formula is C23H29ClN4O4S. The lowest BCUT2D eigenvalue weighted by molar-refractivity contribution is -0.122. The van der Waals surface area contributed by atoms with E-state index in [0.717, 1.165) is 30.4 Å². The lowest BCUT2D eigenvalue weighted by Crippen LogP contribution is -2.36. The molecule has 0 radical (unpaired) electrons. The van der Waals surface area contributed by atoms with E-state index >= 15 is 0 Å². The van der Waals surface area contributed by atoms with Gasteiger partial charge in [-0.1, -0.05) is 30.2 Å². The van der Waals surface area contributed by atoms with Crippen molar-refractivity contribution in [1.82, 2.24) is 9.62 Å². The minimum atomic E-state index is -3.57. The van der Waals surface area contributed by atoms with Gasteiger partial charge in [-0.25, -0.2) is 8.42 Å². The summed E-state index contributed by atoms with van der Waals surface area (Å²) in [7, 11) is -3.57. The van der Waals surface area contributed by atoms with Crippen LogP contribution in [0.2, 0.25) is 5.02 Å². The quantitative estimate of drug-likeness (QED) is 0.524. The third-order valence-corrected chi connectivity index (χ3v) is 7.89. The first-order valence-electron chi connectivity index (χ1n) is 10.8. The van der Waals surface area contributed by atoms with E-state index in [1.165, 1.54) is 4.31 Å². The Morgan fingerprint density at radius 3 is 2.42 bits per heavy atom. The zero-order valence-corrected chi connectivity index (χ0v) is 20.4. The molecule has 2 aromatic carbocycles. The maximum atomic E-state index is 12.9. The van der Waals surface area contributed by atoms with Gasteiger partial charge in [0.25, 0.3) is 0 Å². The monoisotopic (exact) mass is 492 g/mol. The molecule has 0 unspecified atom stereocenters. The summed E-state index contributed by atoms with van der Waals surface area (Å²) in [5.41, 5.74) is 2.70. The van der Waals surface area contributed by atoms with Gasteiger partial charge >= 0.3 is 0 Å². The number of nitrogens with zero attached hydrogens (tertiary/aromatic N) is 1. The zero-order chi connectivity index (χ0) is 24.0. The van der Waals surface area contributed by atoms with Crippen molar-refractivity contribution in [3.8, 4) is 0 Å². The third kappa shape index (κ3) is 6.46. The van der Waals surface area contributed by atoms with Crippen molar-refractivity contribution >= 4 is 44.8 Å². The first kappa shape index (κ1) is 25.0. The molecule has 1 aliphatic heterocycles. The normalized spacial score (nSPS) is 14.5. The smallest absolute Gasteiger partial charge is 0.243 e. The van der Waals surface area contributed by atoms with E-state index in [1.54, 1.807) is 43.3 Å². The average Bonchev–Trinajstić information content (AvgIpc) is 2.80. The van der Waals surface area contributed by atoms with Gasteiger partial charge in [-0.2, -0.15) is 4.31 Å². The molecule has 0 atom stereocenters. The highest BCUT2D eigenvalue weighted by Crippen LogP contribution is 2.25. The molecule has 1 heterocycles. The Morgan fingerprint density at radius 1 is 0.970 bits per heavy atom. The number of rotatable bonds is 8. The number of hydrogen-bond donors (Lipinski definition) is 3. The van der Waals surface area contributed by atoms with E-state index in [2.05, 4.69) is 16.0 Å². The molecule has 3 N–H and O–H groups in total. The van der Waals surface area contributed by atoms with E-state index < -0.39 is 15.9 Å². The Morgan fingerprint density at radius 2 is 1.70 bits per heavy atom. The van der Waals surface area contributed by atoms with E-state index in [9.17, 15) is 18.0 Å². The van der Waals surface area contributed by atoms with Crippen molar-refractivity contribution in [1.29, 1.82) is 0 Å². The van der Waals surface area contributed by atoms with Crippen molar-refractivity contribution in [2.24, 2.45) is 0 Å². The molecule has 2 amide bonds. The van der Waals surface area contributed by atoms with Crippen LogP contribution in [0, 0.1) is 13.8 Å². The topological polar surface area (TPSA) is 108 Å². The van der Waals surface area contributed by atoms with Gasteiger partial charge in [0.15, 0.2) is 0 Å². The number of sulfonamides is 1. The van der Waals surface area contributed by atoms with E-state index in [4.69, 9.17) is 11.6 Å². The summed E-state index contributed by atoms with van der Waals surface area (Å²) >= 11 is 6.05. The fraction of sp³-hybridized carbons (Fsp3) is 0.391. The number of carbonyl (C=O) groups is 2. The summed E-state index contributed by atoms with van der Waals surface area (Å²) in [4.78, 5) is 24.6. The summed E-state index contributed by atoms with van der Waals surface area (Å²) in [5, 5.41) is 8.78. The highest BCUT2D eigenvalue weighted by Gasteiger charge is 2.26. The molecule has 1 aliphatic rings. The Hall–Kier alpha value is -2.62. The molecule has 0 spiro atoms. The Bertz CT molecular complexity index is 1130. The number of piperidine rings is 1. The molecule has 1 fully saturated rings. The number of halogens is 1. The van der Waals surface area contributed by atoms with Crippen LogP contribution in [0.15, 0.2) is 41.3 Å². The van der Waals surface area contributed by atoms with Gasteiger partial charge in [-0.05, 0) is 62.1 Å². The largest absolute Gasteiger partial charge is 0.376 e. The predicted octanol–water partition coefficient (Wildman–Crippen LogP) is 3.30. The molecule has 0 saturated carbocycles. The number of nitrogens with one attached hydrogen (secondary N) is 3. The molecule has 0 bridgehead atoms. The summed E-state index contributed by atoms with van der Waals surface area (Å²) in [5.74, 6) is -0.767. The Labute approximate surface area is 199 Å². The van der Waals surface area contributed by atoms with Crippen LogP contribution < -0.4 is 16.0 Å². The maximum Gasteiger partial charge on any atom is 0.243 e. The van der Waals surface area contributed by atoms with Crippen LogP contribution in [0.1, 0.15) is 30.4 Å². The summed E-state index contributed by atoms with van der Waals surface area (Å²) < 4.78 is 27.4. The van der Waals surface area contributed by atoms with Crippen molar-refractivity contribution in [2.75, 3.05) is 36.8 Å². The molecule has 178 valence electrons. The van der Waals surface area contributed by atoms with Gasteiger partial charge in [0.2, 0.25) is 21.8 Å². The number of amides is 2. The van der Waals surface area contributed by atoms with Gasteiger partial charge in [0.1, 0.15) is 0 Å². The van der Waals surface area contributed by atoms with Crippen molar-refractivity contribution in [3.05, 3.63) is 52.5 Å². The number of carbonyl (C=O) groups excluding carboxylic acids is 2. The van der Waals surface area contributed by atoms with Crippen LogP contribution in [-0.4, -0.2) is 50.7 Å². The number of aryl methyl sites for hydroxylation is 1. The molecule has 8 nitrogen and oxygen atoms in total. The van der Waals surface area contributed by atoms with Gasteiger partial charge in [-0.15, -0.1) is 0 Å². The van der Waals surface area contributed by atoms with E-state index in [0.29, 0.717) is 29.5 Å². The predicted molar refractivity (Wildman–Crippen MR) is 130 cm³/mol. The standard InChI is InChI=1S/C23H29ClN4O4S/c1-16-9-10-18(33(31,32)28-11-4-3-5-12-28)13-21(16)25-14-22(29)26-15-23(30)27-20-8-6-7-19(24)17(20)2/h6-10,13,25H,3-5,11-12,14-15H2,1-2H3,(H,26,29)(H,27,30). The molecule has 1 saturated heterocycles. The fourth-order valence-corrected chi connectivity index (χ4v) is 5.28. The second-order valence-corrected chi connectivity index (χ2v) is 10.4. The molecule has 10 heteroatoms. The number of anilines is 2. The minimum absolute atomic E-state index is 0.0997. The maximum absolute atomic E-state index is 12.9. The first-order valence-corrected chi connectivity index (χ1v) is 12.7. The fourth-order valence-electron chi connectivity index (χ4n) is 3.56. The van der Waals surface area contributed by atoms with E-state index in [-0.39, 0.29) is 23.9 Å². The molecule has 0 aromatic heterocycles. The molecule has 3 rings (SSSR count). The van der Waals surface area contributed by atoms with Crippen LogP contribution in [-0.2, 0) is 19.6 Å². The van der Waals surface area contributed by atoms with Crippen LogP contribution in [0.4, 0.5) is 11.4 Å². The van der Waals surface area contributed by atoms with Crippen molar-refractivity contribution in [2.45, 2.75) is 38.0 Å². The van der Waals surface area contributed by atoms with Crippen molar-refractivity contribution in [3.63, 3.8) is 0 Å². The van der Waals surface area contributed by atoms with Crippen LogP contribution in [0.3, 0.4) is 0 Å². The summed E-state index contributed by atoms with van der Waals surface area (Å²) in [6.45, 7) is 4.38. The molecule has 33 heavy (non-hydrogen) atoms. The van der Waals surface area contributed by atoms with Crippen LogP contribution in [0.5, 0.6) is 0 Å². The van der Waals surface area contributed by atoms with Gasteiger partial charge in [0, 0.05) is 29.5 Å². The van der Waals surface area contributed by atoms with Gasteiger partial charge in [-0.3, -0.25) is 9.59 Å². The van der Waals surface area contributed by atoms with E-state index in [1.807, 2.05) is 6.92 Å². The van der Waals surface area contributed by atoms with Crippen LogP contribution in [0.25, 0.3) is 0 Å². The number of benzene rings is 2. The summed E-state index contributed by atoms with van der Waals surface area (Å²) in [6, 6.07) is 10.1. The first-order chi connectivity index (χ1) is 15.7. The average molecular weight is 493 g/mol. The van der Waals surface area contributed by atoms with Gasteiger partial charge < -0.3 is 16.0 Å². The molecular weight excluding hydrogens is 464 g/mol.